The maximum atomic E-state index is 6.73. The number of hydrogen-bond donors (Lipinski definition) is 0. The Kier molecular flexibility index (Phi) is 7.19. The number of halogens is 2. The SMILES string of the molecule is C=CCC[C@@H]1CCCC[C@H]1OC(c1ccc(Cl)cc1)c1ccc(Cl)cc1. The van der Waals surface area contributed by atoms with E-state index in [1.165, 1.54) is 19.3 Å². The lowest BCUT2D eigenvalue weighted by atomic mass is 9.83. The molecule has 0 bridgehead atoms. The molecule has 1 saturated carbocycles. The fourth-order valence-corrected chi connectivity index (χ4v) is 4.07. The van der Waals surface area contributed by atoms with Crippen molar-refractivity contribution in [3.05, 3.63) is 82.4 Å². The first-order valence-corrected chi connectivity index (χ1v) is 10.2. The van der Waals surface area contributed by atoms with Gasteiger partial charge in [0.15, 0.2) is 0 Å². The van der Waals surface area contributed by atoms with Gasteiger partial charge < -0.3 is 4.74 Å². The van der Waals surface area contributed by atoms with Gasteiger partial charge in [0.2, 0.25) is 0 Å². The molecule has 0 aromatic heterocycles. The lowest BCUT2D eigenvalue weighted by Crippen LogP contribution is -2.29. The molecule has 1 aliphatic rings. The molecular weight excluding hydrogens is 363 g/mol. The molecule has 0 N–H and O–H groups in total. The van der Waals surface area contributed by atoms with Gasteiger partial charge in [-0.25, -0.2) is 0 Å². The van der Waals surface area contributed by atoms with Crippen molar-refractivity contribution in [1.82, 2.24) is 0 Å². The van der Waals surface area contributed by atoms with Gasteiger partial charge in [-0.1, -0.05) is 66.4 Å². The average molecular weight is 389 g/mol. The summed E-state index contributed by atoms with van der Waals surface area (Å²) in [7, 11) is 0. The molecule has 26 heavy (non-hydrogen) atoms. The summed E-state index contributed by atoms with van der Waals surface area (Å²) in [4.78, 5) is 0. The van der Waals surface area contributed by atoms with Crippen LogP contribution in [0.3, 0.4) is 0 Å². The quantitative estimate of drug-likeness (QED) is 0.443. The second-order valence-corrected chi connectivity index (χ2v) is 7.94. The van der Waals surface area contributed by atoms with Crippen molar-refractivity contribution in [3.8, 4) is 0 Å². The predicted octanol–water partition coefficient (Wildman–Crippen LogP) is 7.62. The first-order valence-electron chi connectivity index (χ1n) is 9.44. The molecule has 0 unspecified atom stereocenters. The predicted molar refractivity (Wildman–Crippen MR) is 111 cm³/mol. The van der Waals surface area contributed by atoms with Gasteiger partial charge >= 0.3 is 0 Å². The molecule has 0 amide bonds. The van der Waals surface area contributed by atoms with E-state index in [0.717, 1.165) is 40.4 Å². The summed E-state index contributed by atoms with van der Waals surface area (Å²) in [5.74, 6) is 0.601. The molecule has 3 rings (SSSR count). The van der Waals surface area contributed by atoms with Crippen LogP contribution in [-0.4, -0.2) is 6.10 Å². The van der Waals surface area contributed by atoms with Crippen LogP contribution >= 0.6 is 23.2 Å². The van der Waals surface area contributed by atoms with Crippen molar-refractivity contribution in [2.24, 2.45) is 5.92 Å². The Morgan fingerprint density at radius 1 is 0.923 bits per heavy atom. The topological polar surface area (TPSA) is 9.23 Å². The minimum Gasteiger partial charge on any atom is -0.365 e. The van der Waals surface area contributed by atoms with Crippen LogP contribution < -0.4 is 0 Å². The third-order valence-electron chi connectivity index (χ3n) is 5.24. The zero-order chi connectivity index (χ0) is 18.4. The average Bonchev–Trinajstić information content (AvgIpc) is 2.67. The Morgan fingerprint density at radius 3 is 2.00 bits per heavy atom. The highest BCUT2D eigenvalue weighted by atomic mass is 35.5. The van der Waals surface area contributed by atoms with Crippen LogP contribution in [0.1, 0.15) is 55.8 Å². The molecule has 0 saturated heterocycles. The van der Waals surface area contributed by atoms with Gasteiger partial charge in [0.1, 0.15) is 6.10 Å². The highest BCUT2D eigenvalue weighted by Gasteiger charge is 2.29. The molecular formula is C23H26Cl2O. The van der Waals surface area contributed by atoms with Crippen LogP contribution in [0, 0.1) is 5.92 Å². The number of benzene rings is 2. The standard InChI is InChI=1S/C23H26Cl2O/c1-2-3-6-17-7-4-5-8-22(17)26-23(18-9-13-20(24)14-10-18)19-11-15-21(25)16-12-19/h2,9-17,22-23H,1,3-8H2/t17-,22-/m1/s1. The van der Waals surface area contributed by atoms with Crippen LogP contribution in [0.2, 0.25) is 10.0 Å². The highest BCUT2D eigenvalue weighted by Crippen LogP contribution is 2.37. The van der Waals surface area contributed by atoms with E-state index in [9.17, 15) is 0 Å². The largest absolute Gasteiger partial charge is 0.365 e. The Labute approximate surface area is 167 Å². The Hall–Kier alpha value is -1.28. The van der Waals surface area contributed by atoms with Crippen LogP contribution in [0.4, 0.5) is 0 Å². The van der Waals surface area contributed by atoms with Crippen molar-refractivity contribution in [3.63, 3.8) is 0 Å². The van der Waals surface area contributed by atoms with E-state index in [4.69, 9.17) is 27.9 Å². The van der Waals surface area contributed by atoms with Gasteiger partial charge in [-0.05, 0) is 67.0 Å². The zero-order valence-corrected chi connectivity index (χ0v) is 16.6. The van der Waals surface area contributed by atoms with Gasteiger partial charge in [0, 0.05) is 10.0 Å². The molecule has 1 fully saturated rings. The molecule has 0 aliphatic heterocycles. The van der Waals surface area contributed by atoms with Gasteiger partial charge in [0.05, 0.1) is 6.10 Å². The lowest BCUT2D eigenvalue weighted by Gasteiger charge is -2.35. The molecule has 1 aliphatic carbocycles. The molecule has 1 nitrogen and oxygen atoms in total. The highest BCUT2D eigenvalue weighted by molar-refractivity contribution is 6.30. The van der Waals surface area contributed by atoms with E-state index >= 15 is 0 Å². The molecule has 2 aromatic rings. The molecule has 2 atom stereocenters. The second-order valence-electron chi connectivity index (χ2n) is 7.07. The van der Waals surface area contributed by atoms with E-state index in [-0.39, 0.29) is 12.2 Å². The molecule has 2 aromatic carbocycles. The van der Waals surface area contributed by atoms with Crippen LogP contribution in [0.5, 0.6) is 0 Å². The normalized spacial score (nSPS) is 20.3. The Balaban J connectivity index is 1.85. The maximum Gasteiger partial charge on any atom is 0.108 e. The molecule has 0 spiro atoms. The van der Waals surface area contributed by atoms with Crippen molar-refractivity contribution in [1.29, 1.82) is 0 Å². The van der Waals surface area contributed by atoms with Crippen molar-refractivity contribution in [2.75, 3.05) is 0 Å². The summed E-state index contributed by atoms with van der Waals surface area (Å²) >= 11 is 12.2. The van der Waals surface area contributed by atoms with Gasteiger partial charge in [-0.3, -0.25) is 0 Å². The van der Waals surface area contributed by atoms with E-state index in [1.807, 2.05) is 30.3 Å². The molecule has 0 heterocycles. The summed E-state index contributed by atoms with van der Waals surface area (Å²) in [6.45, 7) is 3.88. The summed E-state index contributed by atoms with van der Waals surface area (Å²) in [6, 6.07) is 16.0. The monoisotopic (exact) mass is 388 g/mol. The van der Waals surface area contributed by atoms with Gasteiger partial charge in [-0.15, -0.1) is 6.58 Å². The lowest BCUT2D eigenvalue weighted by molar-refractivity contribution is -0.0470. The van der Waals surface area contributed by atoms with Crippen LogP contribution in [0.25, 0.3) is 0 Å². The van der Waals surface area contributed by atoms with Crippen molar-refractivity contribution in [2.45, 2.75) is 50.7 Å². The summed E-state index contributed by atoms with van der Waals surface area (Å²) in [5, 5.41) is 1.48. The molecule has 3 heteroatoms. The van der Waals surface area contributed by atoms with Crippen LogP contribution in [-0.2, 0) is 4.74 Å². The van der Waals surface area contributed by atoms with E-state index in [2.05, 4.69) is 30.8 Å². The minimum atomic E-state index is -0.0983. The maximum absolute atomic E-state index is 6.73. The summed E-state index contributed by atoms with van der Waals surface area (Å²) < 4.78 is 6.73. The van der Waals surface area contributed by atoms with Crippen LogP contribution in [0.15, 0.2) is 61.2 Å². The Morgan fingerprint density at radius 2 is 1.46 bits per heavy atom. The smallest absolute Gasteiger partial charge is 0.108 e. The van der Waals surface area contributed by atoms with Crippen molar-refractivity contribution >= 4 is 23.2 Å². The fraction of sp³-hybridized carbons (Fsp3) is 0.391. The summed E-state index contributed by atoms with van der Waals surface area (Å²) in [5.41, 5.74) is 2.26. The number of ether oxygens (including phenoxy) is 1. The molecule has 138 valence electrons. The third-order valence-corrected chi connectivity index (χ3v) is 5.74. The second kappa shape index (κ2) is 9.60. The third kappa shape index (κ3) is 5.13. The van der Waals surface area contributed by atoms with Gasteiger partial charge in [-0.2, -0.15) is 0 Å². The zero-order valence-electron chi connectivity index (χ0n) is 15.0. The first kappa shape index (κ1) is 19.5. The number of allylic oxidation sites excluding steroid dienone is 1. The van der Waals surface area contributed by atoms with E-state index in [0.29, 0.717) is 5.92 Å². The number of hydrogen-bond acceptors (Lipinski definition) is 1. The minimum absolute atomic E-state index is 0.0983. The van der Waals surface area contributed by atoms with Gasteiger partial charge in [0.25, 0.3) is 0 Å². The summed E-state index contributed by atoms with van der Waals surface area (Å²) in [6.07, 6.45) is 9.31. The van der Waals surface area contributed by atoms with E-state index < -0.39 is 0 Å². The Bertz CT molecular complexity index is 648. The fourth-order valence-electron chi connectivity index (χ4n) is 3.81. The first-order chi connectivity index (χ1) is 12.7. The number of rotatable bonds is 7. The molecule has 0 radical (unpaired) electrons. The van der Waals surface area contributed by atoms with Crippen molar-refractivity contribution < 1.29 is 4.74 Å². The van der Waals surface area contributed by atoms with E-state index in [1.54, 1.807) is 0 Å².